The van der Waals surface area contributed by atoms with Crippen LogP contribution in [-0.4, -0.2) is 36.1 Å². The number of H-pyrrole nitrogens is 2. The number of nitriles is 1. The van der Waals surface area contributed by atoms with Crippen LogP contribution in [0.4, 0.5) is 5.69 Å². The SMILES string of the molecule is COC(=O)C1=C(C(=O)OC)N(c2c(C)c(C)cc3[nH]c(=O)[nH]c23)C(N)=C(C#N)C1c1ccccc1. The molecule has 0 aliphatic carbocycles. The molecule has 0 saturated heterocycles. The van der Waals surface area contributed by atoms with Crippen LogP contribution < -0.4 is 16.3 Å². The summed E-state index contributed by atoms with van der Waals surface area (Å²) in [7, 11) is 2.36. The standard InChI is InChI=1S/C25H23N5O5/c1-12-10-16-19(29-25(33)28-16)20(13(12)2)30-21(24(32)35-4)18(23(31)34-3)17(15(11-26)22(30)27)14-8-6-5-7-9-14/h5-10,17H,27H2,1-4H3,(H2,28,29,33). The van der Waals surface area contributed by atoms with Gasteiger partial charge >= 0.3 is 17.6 Å². The van der Waals surface area contributed by atoms with E-state index in [-0.39, 0.29) is 22.7 Å². The van der Waals surface area contributed by atoms with Gasteiger partial charge in [0.1, 0.15) is 11.5 Å². The quantitative estimate of drug-likeness (QED) is 0.488. The summed E-state index contributed by atoms with van der Waals surface area (Å²) in [6.45, 7) is 3.61. The summed E-state index contributed by atoms with van der Waals surface area (Å²) >= 11 is 0. The number of carbonyl (C=O) groups excluding carboxylic acids is 2. The Hall–Kier alpha value is -4.78. The minimum Gasteiger partial charge on any atom is -0.466 e. The van der Waals surface area contributed by atoms with E-state index in [0.717, 1.165) is 5.56 Å². The van der Waals surface area contributed by atoms with E-state index in [4.69, 9.17) is 15.2 Å². The summed E-state index contributed by atoms with van der Waals surface area (Å²) in [6, 6.07) is 12.6. The minimum atomic E-state index is -0.982. The summed E-state index contributed by atoms with van der Waals surface area (Å²) in [6.07, 6.45) is 0. The van der Waals surface area contributed by atoms with E-state index in [1.165, 1.54) is 19.1 Å². The number of aryl methyl sites for hydroxylation is 1. The molecule has 1 aliphatic heterocycles. The summed E-state index contributed by atoms with van der Waals surface area (Å²) in [4.78, 5) is 45.3. The molecule has 10 heteroatoms. The van der Waals surface area contributed by atoms with Crippen LogP contribution in [0.5, 0.6) is 0 Å². The number of ether oxygens (including phenoxy) is 2. The number of nitrogens with two attached hydrogens (primary N) is 1. The third-order valence-corrected chi connectivity index (χ3v) is 6.13. The second-order valence-corrected chi connectivity index (χ2v) is 8.00. The molecule has 3 aromatic rings. The van der Waals surface area contributed by atoms with Gasteiger partial charge in [0.05, 0.1) is 54.1 Å². The van der Waals surface area contributed by atoms with E-state index in [0.29, 0.717) is 27.8 Å². The van der Waals surface area contributed by atoms with Crippen molar-refractivity contribution in [2.75, 3.05) is 19.1 Å². The van der Waals surface area contributed by atoms with Crippen molar-refractivity contribution in [1.82, 2.24) is 9.97 Å². The molecule has 178 valence electrons. The third-order valence-electron chi connectivity index (χ3n) is 6.13. The van der Waals surface area contributed by atoms with Crippen LogP contribution in [0.25, 0.3) is 11.0 Å². The molecule has 2 aromatic carbocycles. The number of carbonyl (C=O) groups is 2. The zero-order valence-corrected chi connectivity index (χ0v) is 19.6. The van der Waals surface area contributed by atoms with E-state index < -0.39 is 23.5 Å². The first-order valence-electron chi connectivity index (χ1n) is 10.6. The van der Waals surface area contributed by atoms with E-state index in [2.05, 4.69) is 16.0 Å². The summed E-state index contributed by atoms with van der Waals surface area (Å²) < 4.78 is 10.1. The molecule has 1 atom stereocenters. The highest BCUT2D eigenvalue weighted by atomic mass is 16.5. The number of hydrogen-bond donors (Lipinski definition) is 3. The molecule has 0 saturated carbocycles. The van der Waals surface area contributed by atoms with Crippen LogP contribution in [-0.2, 0) is 19.1 Å². The number of aromatic nitrogens is 2. The molecule has 10 nitrogen and oxygen atoms in total. The normalized spacial score (nSPS) is 15.9. The molecule has 1 aliphatic rings. The molecule has 2 heterocycles. The lowest BCUT2D eigenvalue weighted by Crippen LogP contribution is -2.41. The number of anilines is 1. The molecule has 4 N–H and O–H groups in total. The van der Waals surface area contributed by atoms with Crippen molar-refractivity contribution in [1.29, 1.82) is 5.26 Å². The molecule has 0 bridgehead atoms. The molecule has 4 rings (SSSR count). The molecule has 0 amide bonds. The third kappa shape index (κ3) is 3.63. The van der Waals surface area contributed by atoms with Gasteiger partial charge in [0, 0.05) is 0 Å². The Balaban J connectivity index is 2.19. The van der Waals surface area contributed by atoms with Crippen LogP contribution in [0.1, 0.15) is 22.6 Å². The van der Waals surface area contributed by atoms with Gasteiger partial charge in [-0.3, -0.25) is 4.90 Å². The first-order chi connectivity index (χ1) is 16.7. The van der Waals surface area contributed by atoms with Crippen molar-refractivity contribution in [3.8, 4) is 6.07 Å². The highest BCUT2D eigenvalue weighted by Gasteiger charge is 2.44. The molecular formula is C25H23N5O5. The van der Waals surface area contributed by atoms with Gasteiger partial charge in [0.15, 0.2) is 0 Å². The molecule has 1 unspecified atom stereocenters. The first-order valence-corrected chi connectivity index (χ1v) is 10.6. The fourth-order valence-corrected chi connectivity index (χ4v) is 4.42. The number of allylic oxidation sites excluding steroid dienone is 1. The second-order valence-electron chi connectivity index (χ2n) is 8.00. The number of hydrogen-bond acceptors (Lipinski definition) is 8. The lowest BCUT2D eigenvalue weighted by atomic mass is 9.80. The van der Waals surface area contributed by atoms with Gasteiger partial charge in [-0.05, 0) is 36.6 Å². The van der Waals surface area contributed by atoms with Gasteiger partial charge in [0.25, 0.3) is 0 Å². The van der Waals surface area contributed by atoms with Crippen molar-refractivity contribution < 1.29 is 19.1 Å². The number of rotatable bonds is 4. The van der Waals surface area contributed by atoms with Gasteiger partial charge in [-0.2, -0.15) is 5.26 Å². The van der Waals surface area contributed by atoms with Crippen molar-refractivity contribution in [2.24, 2.45) is 5.73 Å². The lowest BCUT2D eigenvalue weighted by molar-refractivity contribution is -0.139. The number of aromatic amines is 2. The minimum absolute atomic E-state index is 0.0381. The average Bonchev–Trinajstić information content (AvgIpc) is 3.23. The van der Waals surface area contributed by atoms with Gasteiger partial charge in [-0.15, -0.1) is 0 Å². The van der Waals surface area contributed by atoms with Crippen LogP contribution in [0.2, 0.25) is 0 Å². The number of nitrogens with zero attached hydrogens (tertiary/aromatic N) is 2. The van der Waals surface area contributed by atoms with Crippen molar-refractivity contribution in [2.45, 2.75) is 19.8 Å². The van der Waals surface area contributed by atoms with Gasteiger partial charge in [-0.25, -0.2) is 14.4 Å². The number of imidazole rings is 1. The highest BCUT2D eigenvalue weighted by molar-refractivity contribution is 6.08. The van der Waals surface area contributed by atoms with E-state index in [1.807, 2.05) is 6.92 Å². The van der Waals surface area contributed by atoms with Crippen LogP contribution >= 0.6 is 0 Å². The lowest BCUT2D eigenvalue weighted by Gasteiger charge is -2.36. The number of nitrogens with one attached hydrogen (secondary N) is 2. The van der Waals surface area contributed by atoms with Crippen LogP contribution in [0, 0.1) is 25.2 Å². The second kappa shape index (κ2) is 8.87. The summed E-state index contributed by atoms with van der Waals surface area (Å²) in [5.74, 6) is -2.75. The Labute approximate surface area is 200 Å². The van der Waals surface area contributed by atoms with Crippen LogP contribution in [0.3, 0.4) is 0 Å². The summed E-state index contributed by atoms with van der Waals surface area (Å²) in [5, 5.41) is 10.2. The maximum Gasteiger partial charge on any atom is 0.355 e. The maximum absolute atomic E-state index is 13.3. The Morgan fingerprint density at radius 2 is 1.74 bits per heavy atom. The monoisotopic (exact) mass is 473 g/mol. The predicted molar refractivity (Wildman–Crippen MR) is 128 cm³/mol. The average molecular weight is 473 g/mol. The topological polar surface area (TPSA) is 154 Å². The molecule has 1 aromatic heterocycles. The summed E-state index contributed by atoms with van der Waals surface area (Å²) in [5.41, 5.74) is 8.99. The molecule has 0 fully saturated rings. The molecule has 35 heavy (non-hydrogen) atoms. The molecule has 0 spiro atoms. The van der Waals surface area contributed by atoms with Crippen molar-refractivity contribution >= 4 is 28.7 Å². The van der Waals surface area contributed by atoms with E-state index in [9.17, 15) is 19.6 Å². The number of methoxy groups -OCH3 is 2. The van der Waals surface area contributed by atoms with Crippen molar-refractivity contribution in [3.63, 3.8) is 0 Å². The van der Waals surface area contributed by atoms with Crippen molar-refractivity contribution in [3.05, 3.63) is 86.2 Å². The van der Waals surface area contributed by atoms with Crippen LogP contribution in [0.15, 0.2) is 63.9 Å². The Morgan fingerprint density at radius 3 is 2.34 bits per heavy atom. The maximum atomic E-state index is 13.3. The molecule has 0 radical (unpaired) electrons. The highest BCUT2D eigenvalue weighted by Crippen LogP contribution is 2.45. The number of fused-ring (bicyclic) bond motifs is 1. The van der Waals surface area contributed by atoms with E-state index in [1.54, 1.807) is 43.3 Å². The Kier molecular flexibility index (Phi) is 5.93. The number of benzene rings is 2. The zero-order chi connectivity index (χ0) is 25.4. The first kappa shape index (κ1) is 23.4. The Morgan fingerprint density at radius 1 is 1.09 bits per heavy atom. The number of esters is 2. The fraction of sp³-hybridized carbons (Fsp3) is 0.200. The van der Waals surface area contributed by atoms with Gasteiger partial charge in [0.2, 0.25) is 0 Å². The van der Waals surface area contributed by atoms with Gasteiger partial charge in [-0.1, -0.05) is 30.3 Å². The zero-order valence-electron chi connectivity index (χ0n) is 19.6. The fourth-order valence-electron chi connectivity index (χ4n) is 4.42. The predicted octanol–water partition coefficient (Wildman–Crippen LogP) is 2.37. The molecular weight excluding hydrogens is 450 g/mol. The largest absolute Gasteiger partial charge is 0.466 e. The van der Waals surface area contributed by atoms with E-state index >= 15 is 0 Å². The smallest absolute Gasteiger partial charge is 0.355 e. The Bertz CT molecular complexity index is 1520. The van der Waals surface area contributed by atoms with Gasteiger partial charge < -0.3 is 25.2 Å².